The van der Waals surface area contributed by atoms with Crippen LogP contribution in [-0.2, 0) is 0 Å². The SMILES string of the molecule is Cc1cc(-c2ccncc2)c(Cl)nc1OC[C@@](C)(N)CC(C)C. The Hall–Kier alpha value is -1.65. The van der Waals surface area contributed by atoms with Gasteiger partial charge in [-0.2, -0.15) is 0 Å². The highest BCUT2D eigenvalue weighted by Gasteiger charge is 2.22. The molecule has 23 heavy (non-hydrogen) atoms. The van der Waals surface area contributed by atoms with Gasteiger partial charge in [-0.3, -0.25) is 4.98 Å². The van der Waals surface area contributed by atoms with E-state index in [0.717, 1.165) is 23.1 Å². The zero-order chi connectivity index (χ0) is 17.0. The largest absolute Gasteiger partial charge is 0.475 e. The Kier molecular flexibility index (Phi) is 5.60. The average Bonchev–Trinajstić information content (AvgIpc) is 2.47. The molecule has 0 spiro atoms. The van der Waals surface area contributed by atoms with Gasteiger partial charge in [-0.05, 0) is 49.9 Å². The summed E-state index contributed by atoms with van der Waals surface area (Å²) in [6, 6.07) is 5.79. The minimum absolute atomic E-state index is 0.390. The quantitative estimate of drug-likeness (QED) is 0.803. The minimum Gasteiger partial charge on any atom is -0.475 e. The molecule has 2 rings (SSSR count). The van der Waals surface area contributed by atoms with Gasteiger partial charge in [-0.1, -0.05) is 25.4 Å². The standard InChI is InChI=1S/C18H24ClN3O/c1-12(2)10-18(4,20)11-23-17-13(3)9-15(16(19)22-17)14-5-7-21-8-6-14/h5-9,12H,10-11,20H2,1-4H3/t18-/m0/s1. The molecule has 0 saturated carbocycles. The number of hydrogen-bond donors (Lipinski definition) is 1. The van der Waals surface area contributed by atoms with E-state index >= 15 is 0 Å². The number of halogens is 1. The predicted octanol–water partition coefficient (Wildman–Crippen LogP) is 4.25. The highest BCUT2D eigenvalue weighted by molar-refractivity contribution is 6.32. The third-order valence-corrected chi connectivity index (χ3v) is 3.81. The number of nitrogens with zero attached hydrogens (tertiary/aromatic N) is 2. The topological polar surface area (TPSA) is 61.0 Å². The maximum Gasteiger partial charge on any atom is 0.217 e. The van der Waals surface area contributed by atoms with Gasteiger partial charge in [0, 0.05) is 29.1 Å². The summed E-state index contributed by atoms with van der Waals surface area (Å²) in [5, 5.41) is 0.416. The molecule has 0 aliphatic heterocycles. The van der Waals surface area contributed by atoms with E-state index in [9.17, 15) is 0 Å². The van der Waals surface area contributed by atoms with E-state index in [4.69, 9.17) is 22.1 Å². The van der Waals surface area contributed by atoms with Crippen LogP contribution in [0.15, 0.2) is 30.6 Å². The van der Waals surface area contributed by atoms with E-state index in [1.165, 1.54) is 0 Å². The molecule has 2 aromatic heterocycles. The first-order valence-corrected chi connectivity index (χ1v) is 8.15. The third kappa shape index (κ3) is 4.91. The summed E-state index contributed by atoms with van der Waals surface area (Å²) >= 11 is 6.33. The molecule has 0 aliphatic carbocycles. The molecule has 0 radical (unpaired) electrons. The van der Waals surface area contributed by atoms with Gasteiger partial charge in [0.2, 0.25) is 5.88 Å². The zero-order valence-electron chi connectivity index (χ0n) is 14.1. The second-order valence-electron chi connectivity index (χ2n) is 6.73. The van der Waals surface area contributed by atoms with Gasteiger partial charge < -0.3 is 10.5 Å². The number of nitrogens with two attached hydrogens (primary N) is 1. The van der Waals surface area contributed by atoms with Gasteiger partial charge in [-0.15, -0.1) is 0 Å². The first-order chi connectivity index (χ1) is 10.8. The molecular formula is C18H24ClN3O. The molecule has 2 heterocycles. The van der Waals surface area contributed by atoms with E-state index in [-0.39, 0.29) is 0 Å². The fraction of sp³-hybridized carbons (Fsp3) is 0.444. The smallest absolute Gasteiger partial charge is 0.217 e. The molecule has 0 fully saturated rings. The van der Waals surface area contributed by atoms with Crippen LogP contribution in [0.5, 0.6) is 5.88 Å². The third-order valence-electron chi connectivity index (χ3n) is 3.52. The fourth-order valence-corrected chi connectivity index (χ4v) is 2.92. The molecule has 0 unspecified atom stereocenters. The second-order valence-corrected chi connectivity index (χ2v) is 7.08. The van der Waals surface area contributed by atoms with Crippen molar-refractivity contribution in [1.29, 1.82) is 0 Å². The van der Waals surface area contributed by atoms with Crippen LogP contribution in [0, 0.1) is 12.8 Å². The zero-order valence-corrected chi connectivity index (χ0v) is 14.9. The summed E-state index contributed by atoms with van der Waals surface area (Å²) in [6.07, 6.45) is 4.35. The molecule has 124 valence electrons. The Morgan fingerprint density at radius 3 is 2.57 bits per heavy atom. The molecule has 2 N–H and O–H groups in total. The predicted molar refractivity (Wildman–Crippen MR) is 94.8 cm³/mol. The lowest BCUT2D eigenvalue weighted by Gasteiger charge is -2.26. The minimum atomic E-state index is -0.390. The normalized spacial score (nSPS) is 13.9. The average molecular weight is 334 g/mol. The molecule has 1 atom stereocenters. The first kappa shape index (κ1) is 17.7. The van der Waals surface area contributed by atoms with Gasteiger partial charge in [0.1, 0.15) is 11.8 Å². The summed E-state index contributed by atoms with van der Waals surface area (Å²) in [5.41, 5.74) is 8.68. The Morgan fingerprint density at radius 1 is 1.30 bits per heavy atom. The maximum absolute atomic E-state index is 6.33. The van der Waals surface area contributed by atoms with Crippen molar-refractivity contribution in [3.05, 3.63) is 41.3 Å². The molecule has 0 aromatic carbocycles. The number of rotatable bonds is 6. The van der Waals surface area contributed by atoms with Gasteiger partial charge in [-0.25, -0.2) is 4.98 Å². The summed E-state index contributed by atoms with van der Waals surface area (Å²) < 4.78 is 5.84. The lowest BCUT2D eigenvalue weighted by molar-refractivity contribution is 0.199. The number of hydrogen-bond acceptors (Lipinski definition) is 4. The maximum atomic E-state index is 6.33. The highest BCUT2D eigenvalue weighted by atomic mass is 35.5. The van der Waals surface area contributed by atoms with E-state index in [0.29, 0.717) is 23.6 Å². The van der Waals surface area contributed by atoms with Crippen LogP contribution in [0.4, 0.5) is 0 Å². The van der Waals surface area contributed by atoms with Crippen LogP contribution < -0.4 is 10.5 Å². The summed E-state index contributed by atoms with van der Waals surface area (Å²) in [7, 11) is 0. The molecular weight excluding hydrogens is 310 g/mol. The van der Waals surface area contributed by atoms with E-state index in [2.05, 4.69) is 23.8 Å². The van der Waals surface area contributed by atoms with Gasteiger partial charge >= 0.3 is 0 Å². The van der Waals surface area contributed by atoms with Gasteiger partial charge in [0.25, 0.3) is 0 Å². The van der Waals surface area contributed by atoms with Crippen LogP contribution >= 0.6 is 11.6 Å². The van der Waals surface area contributed by atoms with Crippen LogP contribution in [0.2, 0.25) is 5.15 Å². The Morgan fingerprint density at radius 2 is 1.96 bits per heavy atom. The monoisotopic (exact) mass is 333 g/mol. The van der Waals surface area contributed by atoms with Crippen LogP contribution in [0.3, 0.4) is 0 Å². The number of aryl methyl sites for hydroxylation is 1. The fourth-order valence-electron chi connectivity index (χ4n) is 2.68. The van der Waals surface area contributed by atoms with Gasteiger partial charge in [0.15, 0.2) is 0 Å². The summed E-state index contributed by atoms with van der Waals surface area (Å²) in [5.74, 6) is 1.05. The number of ether oxygens (including phenoxy) is 1. The second kappa shape index (κ2) is 7.28. The Balaban J connectivity index is 2.18. The lowest BCUT2D eigenvalue weighted by atomic mass is 9.93. The molecule has 0 bridgehead atoms. The van der Waals surface area contributed by atoms with Crippen molar-refractivity contribution < 1.29 is 4.74 Å². The molecule has 0 saturated heterocycles. The summed E-state index contributed by atoms with van der Waals surface area (Å²) in [6.45, 7) is 8.66. The van der Waals surface area contributed by atoms with E-state index in [1.54, 1.807) is 12.4 Å². The van der Waals surface area contributed by atoms with Crippen molar-refractivity contribution in [2.75, 3.05) is 6.61 Å². The van der Waals surface area contributed by atoms with E-state index < -0.39 is 5.54 Å². The number of pyridine rings is 2. The van der Waals surface area contributed by atoms with Crippen molar-refractivity contribution in [1.82, 2.24) is 9.97 Å². The van der Waals surface area contributed by atoms with Gasteiger partial charge in [0.05, 0.1) is 0 Å². The molecule has 2 aromatic rings. The Labute approximate surface area is 143 Å². The van der Waals surface area contributed by atoms with Crippen LogP contribution in [-0.4, -0.2) is 22.1 Å². The highest BCUT2D eigenvalue weighted by Crippen LogP contribution is 2.31. The molecule has 4 nitrogen and oxygen atoms in total. The van der Waals surface area contributed by atoms with E-state index in [1.807, 2.05) is 32.0 Å². The van der Waals surface area contributed by atoms with Crippen molar-refractivity contribution in [3.8, 4) is 17.0 Å². The molecule has 5 heteroatoms. The van der Waals surface area contributed by atoms with Crippen molar-refractivity contribution in [3.63, 3.8) is 0 Å². The number of aromatic nitrogens is 2. The van der Waals surface area contributed by atoms with Crippen molar-refractivity contribution in [2.24, 2.45) is 11.7 Å². The van der Waals surface area contributed by atoms with Crippen LogP contribution in [0.25, 0.3) is 11.1 Å². The van der Waals surface area contributed by atoms with Crippen molar-refractivity contribution >= 4 is 11.6 Å². The molecule has 0 amide bonds. The summed E-state index contributed by atoms with van der Waals surface area (Å²) in [4.78, 5) is 8.42. The van der Waals surface area contributed by atoms with Crippen molar-refractivity contribution in [2.45, 2.75) is 39.7 Å². The molecule has 0 aliphatic rings. The first-order valence-electron chi connectivity index (χ1n) is 7.78. The Bertz CT molecular complexity index is 657. The van der Waals surface area contributed by atoms with Crippen LogP contribution in [0.1, 0.15) is 32.8 Å². The lowest BCUT2D eigenvalue weighted by Crippen LogP contribution is -2.43.